The zero-order valence-electron chi connectivity index (χ0n) is 16.3. The van der Waals surface area contributed by atoms with Crippen LogP contribution in [-0.2, 0) is 4.79 Å². The lowest BCUT2D eigenvalue weighted by atomic mass is 10.1. The van der Waals surface area contributed by atoms with Crippen molar-refractivity contribution in [1.82, 2.24) is 5.43 Å². The van der Waals surface area contributed by atoms with E-state index in [0.29, 0.717) is 28.6 Å². The van der Waals surface area contributed by atoms with Gasteiger partial charge in [-0.25, -0.2) is 5.43 Å². The maximum atomic E-state index is 12.1. The molecule has 1 aliphatic rings. The number of carbonyl (C=O) groups is 1. The molecule has 0 unspecified atom stereocenters. The van der Waals surface area contributed by atoms with Crippen LogP contribution in [0.2, 0.25) is 0 Å². The molecule has 0 saturated carbocycles. The number of carbonyl (C=O) groups excluding carboxylic acids is 1. The maximum Gasteiger partial charge on any atom is 0.277 e. The largest absolute Gasteiger partial charge is 0.493 e. The number of rotatable bonds is 7. The highest BCUT2D eigenvalue weighted by Crippen LogP contribution is 2.41. The van der Waals surface area contributed by atoms with E-state index < -0.39 is 0 Å². The Balaban J connectivity index is 1.37. The Morgan fingerprint density at radius 1 is 1.07 bits per heavy atom. The molecule has 30 heavy (non-hydrogen) atoms. The number of ether oxygens (including phenoxy) is 4. The third kappa shape index (κ3) is 4.35. The van der Waals surface area contributed by atoms with E-state index in [2.05, 4.69) is 10.5 Å². The molecule has 3 aromatic carbocycles. The van der Waals surface area contributed by atoms with Crippen molar-refractivity contribution >= 4 is 12.1 Å². The molecule has 0 aromatic heterocycles. The van der Waals surface area contributed by atoms with Gasteiger partial charge in [-0.2, -0.15) is 5.10 Å². The van der Waals surface area contributed by atoms with E-state index in [4.69, 9.17) is 18.9 Å². The van der Waals surface area contributed by atoms with Crippen molar-refractivity contribution in [3.63, 3.8) is 0 Å². The van der Waals surface area contributed by atoms with Crippen LogP contribution >= 0.6 is 0 Å². The number of hydrogen-bond donors (Lipinski definition) is 1. The zero-order valence-corrected chi connectivity index (χ0v) is 16.3. The van der Waals surface area contributed by atoms with Crippen molar-refractivity contribution in [3.8, 4) is 34.1 Å². The first kappa shape index (κ1) is 19.3. The summed E-state index contributed by atoms with van der Waals surface area (Å²) in [6.45, 7) is -0.0174. The van der Waals surface area contributed by atoms with E-state index in [0.717, 1.165) is 11.1 Å². The lowest BCUT2D eigenvalue weighted by Gasteiger charge is -2.11. The normalized spacial score (nSPS) is 12.0. The fourth-order valence-corrected chi connectivity index (χ4v) is 3.03. The summed E-state index contributed by atoms with van der Waals surface area (Å²) < 4.78 is 21.7. The molecule has 0 aliphatic carbocycles. The third-order valence-electron chi connectivity index (χ3n) is 4.41. The Kier molecular flexibility index (Phi) is 5.80. The molecule has 0 bridgehead atoms. The van der Waals surface area contributed by atoms with Crippen LogP contribution in [0.15, 0.2) is 71.8 Å². The van der Waals surface area contributed by atoms with Crippen LogP contribution in [0.5, 0.6) is 23.0 Å². The number of methoxy groups -OCH3 is 1. The number of para-hydroxylation sites is 1. The molecule has 3 aromatic rings. The number of hydrazone groups is 1. The molecule has 1 heterocycles. The van der Waals surface area contributed by atoms with Gasteiger partial charge in [0.05, 0.1) is 13.3 Å². The average molecular weight is 404 g/mol. The number of nitrogens with one attached hydrogen (secondary N) is 1. The molecule has 1 aliphatic heterocycles. The minimum atomic E-state index is -0.373. The molecular formula is C23H20N2O5. The summed E-state index contributed by atoms with van der Waals surface area (Å²) in [5.74, 6) is 1.93. The van der Waals surface area contributed by atoms with Crippen molar-refractivity contribution < 1.29 is 23.7 Å². The second-order valence-corrected chi connectivity index (χ2v) is 6.40. The summed E-state index contributed by atoms with van der Waals surface area (Å²) in [6, 6.07) is 20.9. The molecule has 0 radical (unpaired) electrons. The van der Waals surface area contributed by atoms with Crippen LogP contribution in [-0.4, -0.2) is 32.6 Å². The van der Waals surface area contributed by atoms with E-state index in [1.165, 1.54) is 6.21 Å². The topological polar surface area (TPSA) is 78.4 Å². The standard InChI is InChI=1S/C23H20N2O5/c1-27-20-11-16(12-21-23(20)30-15-29-21)13-24-25-22(26)14-28-19-10-6-5-9-18(19)17-7-3-2-4-8-17/h2-13H,14-15H2,1H3,(H,25,26)/b24-13-. The minimum Gasteiger partial charge on any atom is -0.493 e. The van der Waals surface area contributed by atoms with Gasteiger partial charge in [-0.1, -0.05) is 48.5 Å². The lowest BCUT2D eigenvalue weighted by Crippen LogP contribution is -2.24. The van der Waals surface area contributed by atoms with Crippen molar-refractivity contribution in [2.45, 2.75) is 0 Å². The van der Waals surface area contributed by atoms with Crippen LogP contribution < -0.4 is 24.4 Å². The van der Waals surface area contributed by atoms with Crippen LogP contribution in [0.25, 0.3) is 11.1 Å². The van der Waals surface area contributed by atoms with Gasteiger partial charge in [-0.15, -0.1) is 0 Å². The van der Waals surface area contributed by atoms with Gasteiger partial charge in [0, 0.05) is 11.1 Å². The van der Waals surface area contributed by atoms with Gasteiger partial charge < -0.3 is 18.9 Å². The van der Waals surface area contributed by atoms with Gasteiger partial charge in [0.2, 0.25) is 12.5 Å². The Hall–Kier alpha value is -4.00. The van der Waals surface area contributed by atoms with Gasteiger partial charge in [0.15, 0.2) is 18.1 Å². The molecule has 152 valence electrons. The van der Waals surface area contributed by atoms with Crippen LogP contribution in [0.4, 0.5) is 0 Å². The van der Waals surface area contributed by atoms with Crippen molar-refractivity contribution in [2.75, 3.05) is 20.5 Å². The summed E-state index contributed by atoms with van der Waals surface area (Å²) in [7, 11) is 1.55. The average Bonchev–Trinajstić information content (AvgIpc) is 3.27. The first-order chi connectivity index (χ1) is 14.7. The van der Waals surface area contributed by atoms with Gasteiger partial charge in [-0.05, 0) is 23.8 Å². The molecular weight excluding hydrogens is 384 g/mol. The van der Waals surface area contributed by atoms with Crippen LogP contribution in [0.3, 0.4) is 0 Å². The first-order valence-corrected chi connectivity index (χ1v) is 9.31. The summed E-state index contributed by atoms with van der Waals surface area (Å²) in [5, 5.41) is 3.98. The highest BCUT2D eigenvalue weighted by atomic mass is 16.7. The summed E-state index contributed by atoms with van der Waals surface area (Å²) >= 11 is 0. The predicted molar refractivity (Wildman–Crippen MR) is 112 cm³/mol. The summed E-state index contributed by atoms with van der Waals surface area (Å²) in [6.07, 6.45) is 1.50. The molecule has 7 heteroatoms. The Morgan fingerprint density at radius 2 is 1.87 bits per heavy atom. The third-order valence-corrected chi connectivity index (χ3v) is 4.41. The second kappa shape index (κ2) is 9.00. The molecule has 0 atom stereocenters. The zero-order chi connectivity index (χ0) is 20.8. The van der Waals surface area contributed by atoms with Crippen molar-refractivity contribution in [2.24, 2.45) is 5.10 Å². The monoisotopic (exact) mass is 404 g/mol. The van der Waals surface area contributed by atoms with Gasteiger partial charge in [-0.3, -0.25) is 4.79 Å². The fourth-order valence-electron chi connectivity index (χ4n) is 3.03. The highest BCUT2D eigenvalue weighted by molar-refractivity contribution is 5.85. The Bertz CT molecular complexity index is 1070. The van der Waals surface area contributed by atoms with E-state index in [1.54, 1.807) is 19.2 Å². The van der Waals surface area contributed by atoms with Crippen LogP contribution in [0.1, 0.15) is 5.56 Å². The van der Waals surface area contributed by atoms with E-state index in [-0.39, 0.29) is 19.3 Å². The Labute approximate surface area is 173 Å². The molecule has 0 saturated heterocycles. The molecule has 0 fully saturated rings. The second-order valence-electron chi connectivity index (χ2n) is 6.40. The summed E-state index contributed by atoms with van der Waals surface area (Å²) in [5.41, 5.74) is 5.09. The number of benzene rings is 3. The molecule has 7 nitrogen and oxygen atoms in total. The van der Waals surface area contributed by atoms with Gasteiger partial charge in [0.1, 0.15) is 5.75 Å². The van der Waals surface area contributed by atoms with Crippen molar-refractivity contribution in [1.29, 1.82) is 0 Å². The highest BCUT2D eigenvalue weighted by Gasteiger charge is 2.19. The lowest BCUT2D eigenvalue weighted by molar-refractivity contribution is -0.123. The quantitative estimate of drug-likeness (QED) is 0.481. The molecule has 1 amide bonds. The van der Waals surface area contributed by atoms with E-state index in [9.17, 15) is 4.79 Å². The first-order valence-electron chi connectivity index (χ1n) is 9.31. The SMILES string of the molecule is COc1cc(/C=N\NC(=O)COc2ccccc2-c2ccccc2)cc2c1OCO2. The fraction of sp³-hybridized carbons (Fsp3) is 0.130. The summed E-state index contributed by atoms with van der Waals surface area (Å²) in [4.78, 5) is 12.1. The number of fused-ring (bicyclic) bond motifs is 1. The molecule has 0 spiro atoms. The minimum absolute atomic E-state index is 0.144. The van der Waals surface area contributed by atoms with Gasteiger partial charge >= 0.3 is 0 Å². The predicted octanol–water partition coefficient (Wildman–Crippen LogP) is 3.62. The number of amides is 1. The molecule has 4 rings (SSSR count). The number of hydrogen-bond acceptors (Lipinski definition) is 6. The van der Waals surface area contributed by atoms with Crippen LogP contribution in [0, 0.1) is 0 Å². The maximum absolute atomic E-state index is 12.1. The smallest absolute Gasteiger partial charge is 0.277 e. The van der Waals surface area contributed by atoms with Crippen molar-refractivity contribution in [3.05, 3.63) is 72.3 Å². The van der Waals surface area contributed by atoms with E-state index in [1.807, 2.05) is 54.6 Å². The van der Waals surface area contributed by atoms with E-state index >= 15 is 0 Å². The molecule has 1 N–H and O–H groups in total. The van der Waals surface area contributed by atoms with Gasteiger partial charge in [0.25, 0.3) is 5.91 Å². The number of nitrogens with zero attached hydrogens (tertiary/aromatic N) is 1. The Morgan fingerprint density at radius 3 is 2.70 bits per heavy atom.